The molecule has 1 fully saturated rings. The number of aliphatic carboxylic acids is 2. The summed E-state index contributed by atoms with van der Waals surface area (Å²) in [6.07, 6.45) is 2.45. The first kappa shape index (κ1) is 31.1. The molecule has 16 nitrogen and oxygen atoms in total. The van der Waals surface area contributed by atoms with Crippen molar-refractivity contribution in [1.29, 1.82) is 0 Å². The number of carboxylic acids is 2. The largest absolute Gasteiger partial charge is 0.480 e. The molecule has 214 valence electrons. The molecule has 2 aliphatic heterocycles. The number of hydrogen-bond acceptors (Lipinski definition) is 12. The molecule has 3 rings (SSSR count). The number of oxime groups is 1. The number of ether oxygens (including phenoxy) is 1. The molecule has 0 radical (unpaired) electrons. The van der Waals surface area contributed by atoms with E-state index in [1.807, 2.05) is 0 Å². The number of nitrogens with one attached hydrogen (secondary N) is 1. The van der Waals surface area contributed by atoms with E-state index in [4.69, 9.17) is 26.7 Å². The lowest BCUT2D eigenvalue weighted by molar-refractivity contribution is -0.150. The highest BCUT2D eigenvalue weighted by Crippen LogP contribution is 2.40. The van der Waals surface area contributed by atoms with E-state index in [-0.39, 0.29) is 35.1 Å². The summed E-state index contributed by atoms with van der Waals surface area (Å²) >= 11 is 1.21. The molecule has 17 heteroatoms. The van der Waals surface area contributed by atoms with Crippen molar-refractivity contribution in [2.24, 2.45) is 22.4 Å². The fourth-order valence-corrected chi connectivity index (χ4v) is 4.82. The van der Waals surface area contributed by atoms with Gasteiger partial charge in [0.1, 0.15) is 36.9 Å². The lowest BCUT2D eigenvalue weighted by atomic mass is 10.0. The van der Waals surface area contributed by atoms with E-state index in [1.54, 1.807) is 6.07 Å². The van der Waals surface area contributed by atoms with Gasteiger partial charge in [-0.05, 0) is 31.5 Å². The monoisotopic (exact) mass is 570 g/mol. The summed E-state index contributed by atoms with van der Waals surface area (Å²) < 4.78 is 9.79. The smallest absolute Gasteiger partial charge is 0.404 e. The molecule has 9 N–H and O–H groups in total. The van der Waals surface area contributed by atoms with Gasteiger partial charge in [0.05, 0.1) is 6.26 Å². The first-order valence-corrected chi connectivity index (χ1v) is 12.5. The first-order chi connectivity index (χ1) is 18.5. The quantitative estimate of drug-likeness (QED) is 0.0762. The molecule has 0 unspecified atom stereocenters. The van der Waals surface area contributed by atoms with Gasteiger partial charge in [-0.15, -0.1) is 11.8 Å². The number of thioether (sulfide) groups is 1. The van der Waals surface area contributed by atoms with Crippen molar-refractivity contribution in [3.8, 4) is 0 Å². The van der Waals surface area contributed by atoms with Crippen LogP contribution in [-0.4, -0.2) is 94.1 Å². The molecule has 3 heterocycles. The van der Waals surface area contributed by atoms with Gasteiger partial charge in [0, 0.05) is 11.3 Å². The van der Waals surface area contributed by atoms with Crippen molar-refractivity contribution in [2.45, 2.75) is 36.7 Å². The van der Waals surface area contributed by atoms with Gasteiger partial charge in [0.2, 0.25) is 5.71 Å². The molecule has 1 aromatic rings. The minimum Gasteiger partial charge on any atom is -0.480 e. The Morgan fingerprint density at radius 3 is 2.56 bits per heavy atom. The number of nitrogens with zero attached hydrogens (tertiary/aromatic N) is 2. The third-order valence-electron chi connectivity index (χ3n) is 5.36. The second-order valence-electron chi connectivity index (χ2n) is 8.05. The summed E-state index contributed by atoms with van der Waals surface area (Å²) in [5, 5.41) is 23.3. The predicted molar refractivity (Wildman–Crippen MR) is 136 cm³/mol. The van der Waals surface area contributed by atoms with Crippen LogP contribution in [-0.2, 0) is 28.8 Å². The van der Waals surface area contributed by atoms with Crippen molar-refractivity contribution in [2.75, 3.05) is 26.0 Å². The molecule has 0 saturated carbocycles. The Hall–Kier alpha value is -4.09. The molecule has 3 amide bonds. The molecule has 1 saturated heterocycles. The zero-order valence-electron chi connectivity index (χ0n) is 20.9. The number of fused-ring (bicyclic) bond motifs is 1. The maximum atomic E-state index is 12.6. The number of carbonyl (C=O) groups excluding carboxylic acids is 3. The molecule has 39 heavy (non-hydrogen) atoms. The summed E-state index contributed by atoms with van der Waals surface area (Å²) in [6, 6.07) is 1.36. The molecule has 0 bridgehead atoms. The number of nitrogens with two attached hydrogens (primary N) is 3. The Morgan fingerprint density at radius 2 is 2.03 bits per heavy atom. The standard InChI is InChI=1S/C16H16N4O8S.C6H14N2O2/c1-26-19-9(8-3-2-4-27-8)12(21)18-10-13(22)20-11(15(23)24)7(5-28-16(17)25)6-29-14(10)20;7-4-2-1-3-5(8)6(9)10/h2-4,10,14H,5-6H2,1H3,(H2,17,25)(H,18,21)(H,23,24);5H,1-4,7-8H2,(H,9,10)/b19-9+;/t10-,14-;5-/m10/s1. The van der Waals surface area contributed by atoms with Crippen molar-refractivity contribution in [3.05, 3.63) is 35.4 Å². The molecule has 3 atom stereocenters. The number of carbonyl (C=O) groups is 5. The van der Waals surface area contributed by atoms with Gasteiger partial charge in [0.25, 0.3) is 11.8 Å². The van der Waals surface area contributed by atoms with E-state index in [9.17, 15) is 29.1 Å². The SMILES string of the molecule is CO/N=C(/C(=O)N[C@@H]1C(=O)N2C(C(=O)O)=C(COC(N)=O)CS[C@H]12)c1ccco1.NCCCC[C@H](N)C(=O)O. The van der Waals surface area contributed by atoms with Crippen molar-refractivity contribution < 1.29 is 48.2 Å². The molecule has 2 aliphatic rings. The van der Waals surface area contributed by atoms with E-state index in [0.29, 0.717) is 13.0 Å². The fraction of sp³-hybridized carbons (Fsp3) is 0.455. The first-order valence-electron chi connectivity index (χ1n) is 11.5. The number of unbranched alkanes of at least 4 members (excludes halogenated alkanes) is 1. The number of rotatable bonds is 12. The van der Waals surface area contributed by atoms with Crippen LogP contribution in [0.1, 0.15) is 25.0 Å². The van der Waals surface area contributed by atoms with Gasteiger partial charge < -0.3 is 46.7 Å². The summed E-state index contributed by atoms with van der Waals surface area (Å²) in [7, 11) is 1.25. The van der Waals surface area contributed by atoms with E-state index in [2.05, 4.69) is 20.0 Å². The highest BCUT2D eigenvalue weighted by Gasteiger charge is 2.54. The molecule has 0 aliphatic carbocycles. The van der Waals surface area contributed by atoms with Gasteiger partial charge in [0.15, 0.2) is 5.76 Å². The maximum absolute atomic E-state index is 12.6. The summed E-state index contributed by atoms with van der Waals surface area (Å²) in [5.41, 5.74) is 15.1. The minimum absolute atomic E-state index is 0.140. The zero-order chi connectivity index (χ0) is 29.1. The lowest BCUT2D eigenvalue weighted by Crippen LogP contribution is -2.71. The average molecular weight is 571 g/mol. The average Bonchev–Trinajstić information content (AvgIpc) is 3.43. The Labute approximate surface area is 226 Å². The number of furan rings is 1. The third-order valence-corrected chi connectivity index (χ3v) is 6.70. The summed E-state index contributed by atoms with van der Waals surface area (Å²) in [5.74, 6) is -3.32. The van der Waals surface area contributed by atoms with Crippen LogP contribution in [0.15, 0.2) is 39.2 Å². The van der Waals surface area contributed by atoms with Crippen LogP contribution in [0.5, 0.6) is 0 Å². The Balaban J connectivity index is 0.000000455. The molecule has 0 aromatic carbocycles. The maximum Gasteiger partial charge on any atom is 0.404 e. The van der Waals surface area contributed by atoms with Crippen LogP contribution < -0.4 is 22.5 Å². The Bertz CT molecular complexity index is 1120. The second kappa shape index (κ2) is 14.7. The van der Waals surface area contributed by atoms with Crippen LogP contribution in [0.3, 0.4) is 0 Å². The van der Waals surface area contributed by atoms with Gasteiger partial charge >= 0.3 is 18.0 Å². The van der Waals surface area contributed by atoms with Crippen LogP contribution in [0.2, 0.25) is 0 Å². The van der Waals surface area contributed by atoms with Crippen LogP contribution in [0, 0.1) is 0 Å². The lowest BCUT2D eigenvalue weighted by Gasteiger charge is -2.49. The molecule has 1 aromatic heterocycles. The Morgan fingerprint density at radius 1 is 1.31 bits per heavy atom. The predicted octanol–water partition coefficient (Wildman–Crippen LogP) is -1.01. The number of β-lactam (4-membered cyclic amide) rings is 1. The Kier molecular flexibility index (Phi) is 11.8. The third kappa shape index (κ3) is 8.20. The molecule has 0 spiro atoms. The number of hydrogen-bond donors (Lipinski definition) is 6. The second-order valence-corrected chi connectivity index (χ2v) is 9.16. The van der Waals surface area contributed by atoms with Crippen LogP contribution in [0.4, 0.5) is 4.79 Å². The van der Waals surface area contributed by atoms with Gasteiger partial charge in [-0.3, -0.25) is 19.3 Å². The highest BCUT2D eigenvalue weighted by molar-refractivity contribution is 8.00. The van der Waals surface area contributed by atoms with Crippen molar-refractivity contribution in [3.63, 3.8) is 0 Å². The van der Waals surface area contributed by atoms with E-state index < -0.39 is 47.3 Å². The van der Waals surface area contributed by atoms with E-state index >= 15 is 0 Å². The number of carboxylic acid groups (broad SMARTS) is 2. The van der Waals surface area contributed by atoms with Gasteiger partial charge in [-0.2, -0.15) is 0 Å². The number of amides is 3. The van der Waals surface area contributed by atoms with E-state index in [1.165, 1.54) is 31.2 Å². The number of primary amides is 1. The molecular weight excluding hydrogens is 540 g/mol. The van der Waals surface area contributed by atoms with Crippen molar-refractivity contribution >= 4 is 47.3 Å². The van der Waals surface area contributed by atoms with Gasteiger partial charge in [-0.25, -0.2) is 9.59 Å². The summed E-state index contributed by atoms with van der Waals surface area (Å²) in [4.78, 5) is 63.4. The fourth-order valence-electron chi connectivity index (χ4n) is 3.50. The molecular formula is C22H30N6O10S. The van der Waals surface area contributed by atoms with E-state index in [0.717, 1.165) is 17.7 Å². The minimum atomic E-state index is -1.35. The topological polar surface area (TPSA) is 263 Å². The van der Waals surface area contributed by atoms with Crippen LogP contribution >= 0.6 is 11.8 Å². The normalized spacial score (nSPS) is 19.1. The summed E-state index contributed by atoms with van der Waals surface area (Å²) in [6.45, 7) is 0.257. The van der Waals surface area contributed by atoms with Gasteiger partial charge in [-0.1, -0.05) is 11.6 Å². The van der Waals surface area contributed by atoms with Crippen LogP contribution in [0.25, 0.3) is 0 Å². The zero-order valence-corrected chi connectivity index (χ0v) is 21.7. The van der Waals surface area contributed by atoms with Crippen molar-refractivity contribution in [1.82, 2.24) is 10.2 Å². The highest BCUT2D eigenvalue weighted by atomic mass is 32.2.